The van der Waals surface area contributed by atoms with Crippen molar-refractivity contribution >= 4 is 16.8 Å². The Hall–Kier alpha value is -0.220. The van der Waals surface area contributed by atoms with Crippen LogP contribution in [0.4, 0.5) is 0 Å². The Morgan fingerprint density at radius 3 is 2.37 bits per heavy atom. The smallest absolute Gasteiger partial charge is 0.271 e. The van der Waals surface area contributed by atoms with Crippen molar-refractivity contribution < 1.29 is 9.90 Å². The second-order valence-corrected chi connectivity index (χ2v) is 9.53. The Balaban J connectivity index is 2.17. The van der Waals surface area contributed by atoms with Crippen molar-refractivity contribution in [3.05, 3.63) is 0 Å². The van der Waals surface area contributed by atoms with Gasteiger partial charge in [-0.15, -0.1) is 0 Å². The van der Waals surface area contributed by atoms with E-state index < -0.39 is 0 Å². The van der Waals surface area contributed by atoms with Crippen LogP contribution in [0.25, 0.3) is 0 Å². The van der Waals surface area contributed by atoms with Crippen molar-refractivity contribution in [1.82, 2.24) is 4.90 Å². The molecule has 0 heterocycles. The summed E-state index contributed by atoms with van der Waals surface area (Å²) in [5, 5.41) is 11.1. The average molecular weight is 286 g/mol. The predicted molar refractivity (Wildman–Crippen MR) is 81.3 cm³/mol. The van der Waals surface area contributed by atoms with Gasteiger partial charge in [-0.1, -0.05) is 20.8 Å². The third-order valence-corrected chi connectivity index (χ3v) is 8.27. The van der Waals surface area contributed by atoms with Crippen LogP contribution in [0.3, 0.4) is 0 Å². The molecule has 3 nitrogen and oxygen atoms in total. The molecule has 2 saturated carbocycles. The maximum Gasteiger partial charge on any atom is 0.271 e. The van der Waals surface area contributed by atoms with Gasteiger partial charge in [0.15, 0.2) is 5.75 Å². The first-order valence-electron chi connectivity index (χ1n) is 7.12. The fourth-order valence-corrected chi connectivity index (χ4v) is 6.79. The van der Waals surface area contributed by atoms with Gasteiger partial charge in [0, 0.05) is 25.4 Å². The summed E-state index contributed by atoms with van der Waals surface area (Å²) < 4.78 is 0. The molecule has 0 saturated heterocycles. The standard InChI is InChI=1S/C15H28NO2S/c1-14(2)10-7-8-15(14,3)13(18)12(10)19(6)9-11(17)16(4)5/h10,12-13,18H,7-9H2,1-6H3/q+1/t10-,12-,13-,15+,19?/m1/s1. The second kappa shape index (κ2) is 4.66. The van der Waals surface area contributed by atoms with E-state index in [9.17, 15) is 9.90 Å². The zero-order chi connectivity index (χ0) is 14.6. The van der Waals surface area contributed by atoms with E-state index in [0.29, 0.717) is 16.9 Å². The van der Waals surface area contributed by atoms with Crippen molar-refractivity contribution in [1.29, 1.82) is 0 Å². The number of fused-ring (bicyclic) bond motifs is 2. The molecule has 110 valence electrons. The minimum absolute atomic E-state index is 0.0325. The molecule has 2 aliphatic rings. The van der Waals surface area contributed by atoms with Gasteiger partial charge in [0.05, 0.1) is 6.26 Å². The molecule has 1 amide bonds. The molecular formula is C15H28NO2S+. The van der Waals surface area contributed by atoms with Crippen molar-refractivity contribution in [3.8, 4) is 0 Å². The van der Waals surface area contributed by atoms with E-state index in [0.717, 1.165) is 6.42 Å². The van der Waals surface area contributed by atoms with Crippen molar-refractivity contribution in [2.75, 3.05) is 26.1 Å². The number of hydrogen-bond donors (Lipinski definition) is 1. The van der Waals surface area contributed by atoms with Crippen LogP contribution in [0.1, 0.15) is 33.6 Å². The summed E-state index contributed by atoms with van der Waals surface area (Å²) >= 11 is 0. The minimum atomic E-state index is -0.246. The van der Waals surface area contributed by atoms with Crippen molar-refractivity contribution in [3.63, 3.8) is 0 Å². The average Bonchev–Trinajstić information content (AvgIpc) is 2.60. The lowest BCUT2D eigenvalue weighted by molar-refractivity contribution is -0.125. The Morgan fingerprint density at radius 1 is 1.37 bits per heavy atom. The van der Waals surface area contributed by atoms with E-state index in [1.807, 2.05) is 14.1 Å². The largest absolute Gasteiger partial charge is 0.387 e. The Labute approximate surface area is 120 Å². The first kappa shape index (κ1) is 15.2. The monoisotopic (exact) mass is 286 g/mol. The molecule has 0 aromatic heterocycles. The van der Waals surface area contributed by atoms with E-state index in [-0.39, 0.29) is 33.7 Å². The molecule has 1 N–H and O–H groups in total. The highest BCUT2D eigenvalue weighted by molar-refractivity contribution is 7.97. The van der Waals surface area contributed by atoms with Gasteiger partial charge < -0.3 is 10.0 Å². The number of amides is 1. The normalized spacial score (nSPS) is 41.3. The first-order chi connectivity index (χ1) is 8.63. The molecule has 0 aromatic rings. The highest BCUT2D eigenvalue weighted by Crippen LogP contribution is 2.66. The summed E-state index contributed by atoms with van der Waals surface area (Å²) in [7, 11) is 3.58. The lowest BCUT2D eigenvalue weighted by Crippen LogP contribution is -2.45. The lowest BCUT2D eigenvalue weighted by Gasteiger charge is -2.36. The van der Waals surface area contributed by atoms with Crippen LogP contribution in [0.2, 0.25) is 0 Å². The Kier molecular flexibility index (Phi) is 3.72. The van der Waals surface area contributed by atoms with E-state index in [4.69, 9.17) is 0 Å². The van der Waals surface area contributed by atoms with Crippen molar-refractivity contribution in [2.45, 2.75) is 45.0 Å². The fraction of sp³-hybridized carbons (Fsp3) is 0.933. The van der Waals surface area contributed by atoms with Crippen LogP contribution in [0.5, 0.6) is 0 Å². The molecule has 2 fully saturated rings. The van der Waals surface area contributed by atoms with Gasteiger partial charge in [0.2, 0.25) is 0 Å². The number of carbonyl (C=O) groups is 1. The summed E-state index contributed by atoms with van der Waals surface area (Å²) in [5.74, 6) is 1.33. The molecular weight excluding hydrogens is 258 g/mol. The van der Waals surface area contributed by atoms with Gasteiger partial charge in [0.25, 0.3) is 5.91 Å². The van der Waals surface area contributed by atoms with Gasteiger partial charge in [-0.3, -0.25) is 4.79 Å². The number of nitrogens with zero attached hydrogens (tertiary/aromatic N) is 1. The second-order valence-electron chi connectivity index (χ2n) is 7.32. The first-order valence-corrected chi connectivity index (χ1v) is 8.99. The van der Waals surface area contributed by atoms with E-state index >= 15 is 0 Å². The highest BCUT2D eigenvalue weighted by atomic mass is 32.2. The van der Waals surface area contributed by atoms with Crippen LogP contribution in [-0.2, 0) is 15.7 Å². The van der Waals surface area contributed by atoms with Crippen LogP contribution in [-0.4, -0.2) is 53.4 Å². The summed E-state index contributed by atoms with van der Waals surface area (Å²) in [6.07, 6.45) is 4.25. The lowest BCUT2D eigenvalue weighted by atomic mass is 9.70. The molecule has 1 unspecified atom stereocenters. The summed E-state index contributed by atoms with van der Waals surface area (Å²) in [5.41, 5.74) is 0.226. The number of hydrogen-bond acceptors (Lipinski definition) is 2. The molecule has 19 heavy (non-hydrogen) atoms. The Morgan fingerprint density at radius 2 is 1.95 bits per heavy atom. The minimum Gasteiger partial charge on any atom is -0.387 e. The predicted octanol–water partition coefficient (Wildman–Crippen LogP) is 1.51. The van der Waals surface area contributed by atoms with Gasteiger partial charge >= 0.3 is 0 Å². The Bertz CT molecular complexity index is 382. The topological polar surface area (TPSA) is 40.5 Å². The van der Waals surface area contributed by atoms with Gasteiger partial charge in [-0.25, -0.2) is 0 Å². The van der Waals surface area contributed by atoms with Crippen LogP contribution in [0, 0.1) is 16.7 Å². The zero-order valence-corrected chi connectivity index (χ0v) is 13.9. The van der Waals surface area contributed by atoms with Gasteiger partial charge in [-0.05, 0) is 29.2 Å². The number of aliphatic hydroxyl groups excluding tert-OH is 1. The molecule has 2 bridgehead atoms. The zero-order valence-electron chi connectivity index (χ0n) is 13.1. The maximum absolute atomic E-state index is 11.9. The van der Waals surface area contributed by atoms with Crippen LogP contribution < -0.4 is 0 Å². The van der Waals surface area contributed by atoms with Crippen LogP contribution in [0.15, 0.2) is 0 Å². The number of rotatable bonds is 3. The van der Waals surface area contributed by atoms with Gasteiger partial charge in [-0.2, -0.15) is 0 Å². The third kappa shape index (κ3) is 2.02. The van der Waals surface area contributed by atoms with E-state index in [1.54, 1.807) is 4.90 Å². The van der Waals surface area contributed by atoms with Crippen molar-refractivity contribution in [2.24, 2.45) is 16.7 Å². The molecule has 0 aromatic carbocycles. The van der Waals surface area contributed by atoms with E-state index in [1.165, 1.54) is 6.42 Å². The summed E-state index contributed by atoms with van der Waals surface area (Å²) in [4.78, 5) is 13.6. The van der Waals surface area contributed by atoms with E-state index in [2.05, 4.69) is 27.0 Å². The van der Waals surface area contributed by atoms with Crippen LogP contribution >= 0.6 is 0 Å². The quantitative estimate of drug-likeness (QED) is 0.799. The maximum atomic E-state index is 11.9. The molecule has 2 rings (SSSR count). The SMILES string of the molecule is CN(C)C(=O)C[S+](C)[C@@H]1[C@H]2CC[C@@](C)([C@@H]1O)C2(C)C. The molecule has 5 atom stereocenters. The number of carbonyl (C=O) groups excluding carboxylic acids is 1. The molecule has 0 aliphatic heterocycles. The molecule has 2 aliphatic carbocycles. The third-order valence-electron chi connectivity index (χ3n) is 6.05. The highest BCUT2D eigenvalue weighted by Gasteiger charge is 2.70. The molecule has 0 spiro atoms. The molecule has 0 radical (unpaired) electrons. The fourth-order valence-electron chi connectivity index (χ4n) is 4.17. The molecule has 4 heteroatoms. The van der Waals surface area contributed by atoms with Gasteiger partial charge in [0.1, 0.15) is 11.4 Å². The number of aliphatic hydroxyl groups is 1. The summed E-state index contributed by atoms with van der Waals surface area (Å²) in [6.45, 7) is 6.85. The summed E-state index contributed by atoms with van der Waals surface area (Å²) in [6, 6.07) is 0.